The zero-order valence-electron chi connectivity index (χ0n) is 14.0. The first-order chi connectivity index (χ1) is 11.3. The van der Waals surface area contributed by atoms with Gasteiger partial charge in [-0.1, -0.05) is 12.1 Å². The van der Waals surface area contributed by atoms with E-state index in [4.69, 9.17) is 0 Å². The molecule has 2 rings (SSSR count). The fourth-order valence-corrected chi connectivity index (χ4v) is 3.40. The van der Waals surface area contributed by atoms with Gasteiger partial charge in [0, 0.05) is 24.1 Å². The molecule has 0 bridgehead atoms. The van der Waals surface area contributed by atoms with Gasteiger partial charge in [-0.15, -0.1) is 11.3 Å². The van der Waals surface area contributed by atoms with Crippen molar-refractivity contribution in [3.63, 3.8) is 0 Å². The number of para-hydroxylation sites is 1. The van der Waals surface area contributed by atoms with Crippen LogP contribution in [-0.4, -0.2) is 27.8 Å². The molecule has 0 spiro atoms. The third-order valence-electron chi connectivity index (χ3n) is 3.79. The molecule has 0 aliphatic carbocycles. The Kier molecular flexibility index (Phi) is 5.46. The van der Waals surface area contributed by atoms with Crippen LogP contribution >= 0.6 is 11.3 Å². The minimum atomic E-state index is -0.458. The Morgan fingerprint density at radius 3 is 2.62 bits per heavy atom. The van der Waals surface area contributed by atoms with Crippen LogP contribution < -0.4 is 0 Å². The van der Waals surface area contributed by atoms with Gasteiger partial charge in [0.25, 0.3) is 5.69 Å². The molecule has 126 valence electrons. The third-order valence-corrected chi connectivity index (χ3v) is 5.03. The van der Waals surface area contributed by atoms with E-state index in [1.807, 2.05) is 20.8 Å². The van der Waals surface area contributed by atoms with E-state index in [0.29, 0.717) is 5.56 Å². The number of aryl methyl sites for hydroxylation is 2. The predicted octanol–water partition coefficient (Wildman–Crippen LogP) is 3.90. The van der Waals surface area contributed by atoms with Crippen LogP contribution in [0, 0.1) is 24.0 Å². The number of nitro groups is 1. The number of hydrogen-bond acceptors (Lipinski definition) is 5. The Bertz CT molecular complexity index is 798. The zero-order valence-corrected chi connectivity index (χ0v) is 14.8. The summed E-state index contributed by atoms with van der Waals surface area (Å²) in [5, 5.41) is 12.0. The summed E-state index contributed by atoms with van der Waals surface area (Å²) in [6.45, 7) is 5.80. The minimum Gasteiger partial charge on any atom is -0.335 e. The molecule has 0 radical (unpaired) electrons. The molecule has 0 N–H and O–H groups in total. The van der Waals surface area contributed by atoms with Gasteiger partial charge in [0.05, 0.1) is 27.2 Å². The molecule has 1 unspecified atom stereocenters. The van der Waals surface area contributed by atoms with Gasteiger partial charge in [-0.3, -0.25) is 14.9 Å². The van der Waals surface area contributed by atoms with Crippen molar-refractivity contribution in [3.8, 4) is 0 Å². The number of likely N-dealkylation sites (N-methyl/N-ethyl adjacent to an activating group) is 1. The average Bonchev–Trinajstić information content (AvgIpc) is 2.89. The maximum atomic E-state index is 12.4. The minimum absolute atomic E-state index is 0.0221. The van der Waals surface area contributed by atoms with Crippen molar-refractivity contribution in [2.45, 2.75) is 26.8 Å². The van der Waals surface area contributed by atoms with E-state index in [1.165, 1.54) is 18.2 Å². The molecule has 0 saturated carbocycles. The first-order valence-electron chi connectivity index (χ1n) is 7.43. The maximum absolute atomic E-state index is 12.4. The number of benzene rings is 1. The highest BCUT2D eigenvalue weighted by atomic mass is 32.1. The lowest BCUT2D eigenvalue weighted by Crippen LogP contribution is -2.27. The largest absolute Gasteiger partial charge is 0.335 e. The number of nitrogens with zero attached hydrogens (tertiary/aromatic N) is 3. The SMILES string of the molecule is Cc1nc(C)c(C(C)N(C)C(=O)C=Cc2ccccc2[N+](=O)[O-])s1. The molecule has 0 aliphatic heterocycles. The molecule has 6 nitrogen and oxygen atoms in total. The zero-order chi connectivity index (χ0) is 17.9. The van der Waals surface area contributed by atoms with Crippen molar-refractivity contribution < 1.29 is 9.72 Å². The number of carbonyl (C=O) groups is 1. The Labute approximate surface area is 144 Å². The molecule has 24 heavy (non-hydrogen) atoms. The van der Waals surface area contributed by atoms with E-state index >= 15 is 0 Å². The van der Waals surface area contributed by atoms with Gasteiger partial charge in [-0.25, -0.2) is 4.98 Å². The standard InChI is InChI=1S/C17H19N3O3S/c1-11-17(24-13(3)18-11)12(2)19(4)16(21)10-9-14-7-5-6-8-15(14)20(22)23/h5-10,12H,1-4H3. The normalized spacial score (nSPS) is 12.3. The van der Waals surface area contributed by atoms with Gasteiger partial charge in [0.2, 0.25) is 5.91 Å². The van der Waals surface area contributed by atoms with Crippen LogP contribution in [-0.2, 0) is 4.79 Å². The van der Waals surface area contributed by atoms with Crippen LogP contribution in [0.4, 0.5) is 5.69 Å². The maximum Gasteiger partial charge on any atom is 0.276 e. The van der Waals surface area contributed by atoms with Crippen molar-refractivity contribution in [1.82, 2.24) is 9.88 Å². The predicted molar refractivity (Wildman–Crippen MR) is 94.9 cm³/mol. The van der Waals surface area contributed by atoms with Crippen molar-refractivity contribution in [2.75, 3.05) is 7.05 Å². The lowest BCUT2D eigenvalue weighted by atomic mass is 10.1. The highest BCUT2D eigenvalue weighted by Gasteiger charge is 2.20. The van der Waals surface area contributed by atoms with Crippen LogP contribution in [0.1, 0.15) is 34.1 Å². The summed E-state index contributed by atoms with van der Waals surface area (Å²) in [5.74, 6) is -0.217. The van der Waals surface area contributed by atoms with Gasteiger partial charge >= 0.3 is 0 Å². The Morgan fingerprint density at radius 1 is 1.38 bits per heavy atom. The lowest BCUT2D eigenvalue weighted by molar-refractivity contribution is -0.385. The van der Waals surface area contributed by atoms with Gasteiger partial charge < -0.3 is 4.90 Å². The van der Waals surface area contributed by atoms with Crippen LogP contribution in [0.15, 0.2) is 30.3 Å². The fraction of sp³-hybridized carbons (Fsp3) is 0.294. The van der Waals surface area contributed by atoms with Crippen LogP contribution in [0.3, 0.4) is 0 Å². The number of aromatic nitrogens is 1. The molecule has 1 aromatic carbocycles. The van der Waals surface area contributed by atoms with Gasteiger partial charge in [-0.05, 0) is 32.9 Å². The molecule has 0 saturated heterocycles. The van der Waals surface area contributed by atoms with E-state index in [9.17, 15) is 14.9 Å². The molecule has 7 heteroatoms. The summed E-state index contributed by atoms with van der Waals surface area (Å²) in [6, 6.07) is 6.22. The molecular weight excluding hydrogens is 326 g/mol. The summed E-state index contributed by atoms with van der Waals surface area (Å²) in [5.41, 5.74) is 1.31. The Balaban J connectivity index is 2.17. The molecule has 1 aromatic heterocycles. The van der Waals surface area contributed by atoms with Crippen molar-refractivity contribution in [3.05, 3.63) is 61.6 Å². The Morgan fingerprint density at radius 2 is 2.04 bits per heavy atom. The number of hydrogen-bond donors (Lipinski definition) is 0. The number of nitro benzene ring substituents is 1. The molecule has 1 atom stereocenters. The van der Waals surface area contributed by atoms with Gasteiger partial charge in [-0.2, -0.15) is 0 Å². The third kappa shape index (κ3) is 3.86. The molecule has 0 fully saturated rings. The van der Waals surface area contributed by atoms with E-state index < -0.39 is 4.92 Å². The summed E-state index contributed by atoms with van der Waals surface area (Å²) in [6.07, 6.45) is 2.84. The monoisotopic (exact) mass is 345 g/mol. The second-order valence-electron chi connectivity index (χ2n) is 5.46. The average molecular weight is 345 g/mol. The molecule has 1 heterocycles. The highest BCUT2D eigenvalue weighted by molar-refractivity contribution is 7.11. The number of thiazole rings is 1. The van der Waals surface area contributed by atoms with Crippen molar-refractivity contribution in [1.29, 1.82) is 0 Å². The second-order valence-corrected chi connectivity index (χ2v) is 6.69. The Hall–Kier alpha value is -2.54. The fourth-order valence-electron chi connectivity index (χ4n) is 2.37. The molecule has 1 amide bonds. The van der Waals surface area contributed by atoms with Crippen molar-refractivity contribution >= 4 is 29.0 Å². The van der Waals surface area contributed by atoms with E-state index in [0.717, 1.165) is 15.6 Å². The first-order valence-corrected chi connectivity index (χ1v) is 8.25. The van der Waals surface area contributed by atoms with Crippen LogP contribution in [0.5, 0.6) is 0 Å². The second kappa shape index (κ2) is 7.35. The van der Waals surface area contributed by atoms with Gasteiger partial charge in [0.1, 0.15) is 0 Å². The molecule has 0 aliphatic rings. The van der Waals surface area contributed by atoms with E-state index in [-0.39, 0.29) is 17.6 Å². The van der Waals surface area contributed by atoms with E-state index in [1.54, 1.807) is 41.5 Å². The van der Waals surface area contributed by atoms with Crippen LogP contribution in [0.25, 0.3) is 6.08 Å². The van der Waals surface area contributed by atoms with Crippen LogP contribution in [0.2, 0.25) is 0 Å². The summed E-state index contributed by atoms with van der Waals surface area (Å²) in [4.78, 5) is 30.0. The van der Waals surface area contributed by atoms with Crippen molar-refractivity contribution in [2.24, 2.45) is 0 Å². The number of carbonyl (C=O) groups excluding carboxylic acids is 1. The topological polar surface area (TPSA) is 76.3 Å². The molecular formula is C17H19N3O3S. The number of rotatable bonds is 5. The van der Waals surface area contributed by atoms with Gasteiger partial charge in [0.15, 0.2) is 0 Å². The summed E-state index contributed by atoms with van der Waals surface area (Å²) in [7, 11) is 1.71. The smallest absolute Gasteiger partial charge is 0.276 e. The lowest BCUT2D eigenvalue weighted by Gasteiger charge is -2.23. The summed E-state index contributed by atoms with van der Waals surface area (Å²) < 4.78 is 0. The summed E-state index contributed by atoms with van der Waals surface area (Å²) >= 11 is 1.57. The number of amides is 1. The molecule has 2 aromatic rings. The quantitative estimate of drug-likeness (QED) is 0.468. The highest BCUT2D eigenvalue weighted by Crippen LogP contribution is 2.28. The van der Waals surface area contributed by atoms with E-state index in [2.05, 4.69) is 4.98 Å². The first kappa shape index (κ1) is 17.8.